The Hall–Kier alpha value is -2.47. The maximum absolute atomic E-state index is 13.3. The minimum Gasteiger partial charge on any atom is -0.480 e. The summed E-state index contributed by atoms with van der Waals surface area (Å²) < 4.78 is -0.885. The Bertz CT molecular complexity index is 1000. The van der Waals surface area contributed by atoms with Crippen molar-refractivity contribution in [2.75, 3.05) is 11.9 Å². The molecule has 1 unspecified atom stereocenters. The summed E-state index contributed by atoms with van der Waals surface area (Å²) in [5.74, 6) is -0.368. The van der Waals surface area contributed by atoms with Crippen molar-refractivity contribution in [3.05, 3.63) is 59.2 Å². The number of carbonyl (C=O) groups excluding carboxylic acids is 1. The number of anilines is 1. The molecule has 0 heterocycles. The van der Waals surface area contributed by atoms with Crippen LogP contribution in [0.3, 0.4) is 0 Å². The van der Waals surface area contributed by atoms with Gasteiger partial charge in [-0.1, -0.05) is 51.8 Å². The monoisotopic (exact) mass is 482 g/mol. The largest absolute Gasteiger partial charge is 0.480 e. The zero-order chi connectivity index (χ0) is 24.9. The minimum atomic E-state index is -0.885. The Morgan fingerprint density at radius 1 is 1.09 bits per heavy atom. The van der Waals surface area contributed by atoms with Crippen molar-refractivity contribution in [2.24, 2.45) is 0 Å². The smallest absolute Gasteiger partial charge is 0.322 e. The highest BCUT2D eigenvalue weighted by Crippen LogP contribution is 2.36. The molecule has 5 nitrogen and oxygen atoms in total. The van der Waals surface area contributed by atoms with Crippen LogP contribution in [-0.4, -0.2) is 39.3 Å². The lowest BCUT2D eigenvalue weighted by molar-refractivity contribution is -0.138. The van der Waals surface area contributed by atoms with Crippen molar-refractivity contribution in [3.8, 4) is 0 Å². The Balaban J connectivity index is 1.73. The molecular weight excluding hydrogens is 444 g/mol. The topological polar surface area (TPSA) is 69.6 Å². The molecule has 0 saturated carbocycles. The molecule has 1 aliphatic carbocycles. The normalized spacial score (nSPS) is 15.3. The SMILES string of the molecule is CCCCCN(C(=O)Nc1ccc(C(C)C)cc1)C1Cc2ccc(SC(C)(C)C(=O)O)cc2C1. The van der Waals surface area contributed by atoms with Gasteiger partial charge in [0.15, 0.2) is 0 Å². The summed E-state index contributed by atoms with van der Waals surface area (Å²) in [6.45, 7) is 10.7. The van der Waals surface area contributed by atoms with Gasteiger partial charge in [0.05, 0.1) is 0 Å². The number of hydrogen-bond donors (Lipinski definition) is 2. The zero-order valence-electron chi connectivity index (χ0n) is 21.1. The number of carboxylic acid groups (broad SMARTS) is 1. The molecule has 0 aromatic heterocycles. The standard InChI is InChI=1S/C28H38N2O3S/c1-6-7-8-15-30(27(33)29-23-12-9-20(10-13-23)19(2)3)24-16-21-11-14-25(18-22(21)17-24)34-28(4,5)26(31)32/h9-14,18-19,24H,6-8,15-17H2,1-5H3,(H,29,33)(H,31,32). The van der Waals surface area contributed by atoms with Gasteiger partial charge in [-0.2, -0.15) is 0 Å². The number of nitrogens with zero attached hydrogens (tertiary/aromatic N) is 1. The second kappa shape index (κ2) is 11.3. The molecule has 0 saturated heterocycles. The van der Waals surface area contributed by atoms with Crippen molar-refractivity contribution < 1.29 is 14.7 Å². The van der Waals surface area contributed by atoms with E-state index in [4.69, 9.17) is 0 Å². The first-order valence-corrected chi connectivity index (χ1v) is 13.1. The zero-order valence-corrected chi connectivity index (χ0v) is 21.9. The van der Waals surface area contributed by atoms with E-state index in [1.807, 2.05) is 23.1 Å². The van der Waals surface area contributed by atoms with E-state index in [-0.39, 0.29) is 12.1 Å². The van der Waals surface area contributed by atoms with Crippen LogP contribution in [0.15, 0.2) is 47.4 Å². The van der Waals surface area contributed by atoms with E-state index in [1.165, 1.54) is 28.5 Å². The van der Waals surface area contributed by atoms with Gasteiger partial charge >= 0.3 is 12.0 Å². The highest BCUT2D eigenvalue weighted by atomic mass is 32.2. The van der Waals surface area contributed by atoms with Gasteiger partial charge in [0.2, 0.25) is 0 Å². The van der Waals surface area contributed by atoms with Crippen LogP contribution >= 0.6 is 11.8 Å². The van der Waals surface area contributed by atoms with Crippen molar-refractivity contribution in [2.45, 2.75) is 88.3 Å². The molecule has 34 heavy (non-hydrogen) atoms. The quantitative estimate of drug-likeness (QED) is 0.284. The van der Waals surface area contributed by atoms with Crippen LogP contribution in [0, 0.1) is 0 Å². The molecule has 0 bridgehead atoms. The molecule has 2 aromatic carbocycles. The van der Waals surface area contributed by atoms with Crippen molar-refractivity contribution in [1.29, 1.82) is 0 Å². The summed E-state index contributed by atoms with van der Waals surface area (Å²) in [6.07, 6.45) is 4.81. The third-order valence-corrected chi connectivity index (χ3v) is 7.68. The van der Waals surface area contributed by atoms with Crippen molar-refractivity contribution >= 4 is 29.4 Å². The molecule has 184 valence electrons. The van der Waals surface area contributed by atoms with E-state index >= 15 is 0 Å². The van der Waals surface area contributed by atoms with Crippen LogP contribution < -0.4 is 5.32 Å². The van der Waals surface area contributed by atoms with Gasteiger partial charge in [-0.25, -0.2) is 4.79 Å². The highest BCUT2D eigenvalue weighted by Gasteiger charge is 2.32. The van der Waals surface area contributed by atoms with Gasteiger partial charge in [0.1, 0.15) is 4.75 Å². The van der Waals surface area contributed by atoms with Gasteiger partial charge in [-0.05, 0) is 80.0 Å². The number of amides is 2. The van der Waals surface area contributed by atoms with E-state index in [0.717, 1.165) is 49.2 Å². The van der Waals surface area contributed by atoms with Crippen LogP contribution in [0.5, 0.6) is 0 Å². The summed E-state index contributed by atoms with van der Waals surface area (Å²) in [7, 11) is 0. The molecule has 0 fully saturated rings. The number of rotatable bonds is 10. The van der Waals surface area contributed by atoms with E-state index in [9.17, 15) is 14.7 Å². The van der Waals surface area contributed by atoms with E-state index in [1.54, 1.807) is 13.8 Å². The fourth-order valence-electron chi connectivity index (χ4n) is 4.32. The van der Waals surface area contributed by atoms with Crippen LogP contribution in [0.4, 0.5) is 10.5 Å². The fraction of sp³-hybridized carbons (Fsp3) is 0.500. The summed E-state index contributed by atoms with van der Waals surface area (Å²) in [4.78, 5) is 27.8. The Kier molecular flexibility index (Phi) is 8.69. The average Bonchev–Trinajstić information content (AvgIpc) is 3.19. The summed E-state index contributed by atoms with van der Waals surface area (Å²) in [6, 6.07) is 14.4. The second-order valence-corrected chi connectivity index (χ2v) is 11.7. The number of hydrogen-bond acceptors (Lipinski definition) is 3. The maximum Gasteiger partial charge on any atom is 0.322 e. The van der Waals surface area contributed by atoms with E-state index in [2.05, 4.69) is 50.4 Å². The summed E-state index contributed by atoms with van der Waals surface area (Å²) >= 11 is 1.37. The van der Waals surface area contributed by atoms with Gasteiger partial charge < -0.3 is 15.3 Å². The second-order valence-electron chi connectivity index (χ2n) is 10.0. The van der Waals surface area contributed by atoms with Gasteiger partial charge in [-0.15, -0.1) is 11.8 Å². The number of carboxylic acids is 1. The number of thioether (sulfide) groups is 1. The van der Waals surface area contributed by atoms with Gasteiger partial charge in [0.25, 0.3) is 0 Å². The lowest BCUT2D eigenvalue weighted by atomic mass is 10.0. The van der Waals surface area contributed by atoms with Crippen LogP contribution in [-0.2, 0) is 17.6 Å². The predicted molar refractivity (Wildman–Crippen MR) is 141 cm³/mol. The van der Waals surface area contributed by atoms with Crippen molar-refractivity contribution in [1.82, 2.24) is 4.90 Å². The molecule has 1 aliphatic rings. The summed E-state index contributed by atoms with van der Waals surface area (Å²) in [5.41, 5.74) is 4.53. The average molecular weight is 483 g/mol. The maximum atomic E-state index is 13.3. The minimum absolute atomic E-state index is 0.0483. The summed E-state index contributed by atoms with van der Waals surface area (Å²) in [5, 5.41) is 12.6. The molecular formula is C28H38N2O3S. The number of carbonyl (C=O) groups is 2. The molecule has 6 heteroatoms. The third-order valence-electron chi connectivity index (χ3n) is 6.51. The number of urea groups is 1. The number of benzene rings is 2. The highest BCUT2D eigenvalue weighted by molar-refractivity contribution is 8.01. The Morgan fingerprint density at radius 2 is 1.76 bits per heavy atom. The molecule has 2 N–H and O–H groups in total. The Labute approximate surface area is 208 Å². The molecule has 1 atom stereocenters. The fourth-order valence-corrected chi connectivity index (χ4v) is 5.34. The first-order chi connectivity index (χ1) is 16.1. The number of nitrogens with one attached hydrogen (secondary N) is 1. The number of unbranched alkanes of at least 4 members (excludes halogenated alkanes) is 2. The lowest BCUT2D eigenvalue weighted by Crippen LogP contribution is -2.44. The van der Waals surface area contributed by atoms with Crippen molar-refractivity contribution in [3.63, 3.8) is 0 Å². The predicted octanol–water partition coefficient (Wildman–Crippen LogP) is 6.96. The van der Waals surface area contributed by atoms with E-state index in [0.29, 0.717) is 5.92 Å². The number of aliphatic carboxylic acids is 1. The first kappa shape index (κ1) is 26.1. The van der Waals surface area contributed by atoms with Crippen LogP contribution in [0.25, 0.3) is 0 Å². The Morgan fingerprint density at radius 3 is 2.38 bits per heavy atom. The first-order valence-electron chi connectivity index (χ1n) is 12.3. The molecule has 2 aromatic rings. The van der Waals surface area contributed by atoms with E-state index < -0.39 is 10.7 Å². The third kappa shape index (κ3) is 6.56. The molecule has 3 rings (SSSR count). The van der Waals surface area contributed by atoms with Gasteiger partial charge in [0, 0.05) is 23.2 Å². The molecule has 0 radical (unpaired) electrons. The van der Waals surface area contributed by atoms with Crippen LogP contribution in [0.1, 0.15) is 76.5 Å². The molecule has 0 spiro atoms. The molecule has 2 amide bonds. The lowest BCUT2D eigenvalue weighted by Gasteiger charge is -2.29. The van der Waals surface area contributed by atoms with Gasteiger partial charge in [-0.3, -0.25) is 4.79 Å². The number of fused-ring (bicyclic) bond motifs is 1. The molecule has 0 aliphatic heterocycles. The van der Waals surface area contributed by atoms with Crippen LogP contribution in [0.2, 0.25) is 0 Å².